The molecule has 0 bridgehead atoms. The van der Waals surface area contributed by atoms with E-state index in [-0.39, 0.29) is 11.9 Å². The first-order valence-electron chi connectivity index (χ1n) is 7.89. The Bertz CT molecular complexity index is 665. The van der Waals surface area contributed by atoms with Crippen molar-refractivity contribution in [2.45, 2.75) is 18.9 Å². The average molecular weight is 331 g/mol. The quantitative estimate of drug-likeness (QED) is 0.907. The maximum Gasteiger partial charge on any atom is 0.276 e. The van der Waals surface area contributed by atoms with Crippen LogP contribution < -0.4 is 14.8 Å². The third kappa shape index (κ3) is 3.61. The Hall–Kier alpha value is -2.70. The monoisotopic (exact) mass is 331 g/mol. The van der Waals surface area contributed by atoms with E-state index in [0.29, 0.717) is 12.2 Å². The molecule has 0 unspecified atom stereocenters. The van der Waals surface area contributed by atoms with Crippen LogP contribution in [0, 0.1) is 0 Å². The van der Waals surface area contributed by atoms with Crippen LogP contribution in [0.1, 0.15) is 23.3 Å². The maximum atomic E-state index is 12.4. The number of methoxy groups -OCH3 is 2. The zero-order valence-corrected chi connectivity index (χ0v) is 13.8. The van der Waals surface area contributed by atoms with E-state index in [0.717, 1.165) is 36.6 Å². The Labute approximate surface area is 140 Å². The molecule has 0 aliphatic carbocycles. The summed E-state index contributed by atoms with van der Waals surface area (Å²) in [4.78, 5) is 14.2. The summed E-state index contributed by atoms with van der Waals surface area (Å²) in [5, 5.41) is 7.19. The molecule has 0 radical (unpaired) electrons. The van der Waals surface area contributed by atoms with Gasteiger partial charge in [-0.15, -0.1) is 0 Å². The molecule has 1 fully saturated rings. The van der Waals surface area contributed by atoms with E-state index in [1.165, 1.54) is 6.26 Å². The second-order valence-corrected chi connectivity index (χ2v) is 5.72. The Kier molecular flexibility index (Phi) is 4.88. The van der Waals surface area contributed by atoms with Crippen LogP contribution in [0.2, 0.25) is 0 Å². The van der Waals surface area contributed by atoms with Gasteiger partial charge in [-0.25, -0.2) is 0 Å². The lowest BCUT2D eigenvalue weighted by atomic mass is 10.0. The van der Waals surface area contributed by atoms with Gasteiger partial charge in [0.05, 0.1) is 14.2 Å². The Morgan fingerprint density at radius 2 is 2.04 bits per heavy atom. The molecule has 7 nitrogen and oxygen atoms in total. The van der Waals surface area contributed by atoms with Crippen molar-refractivity contribution in [3.63, 3.8) is 0 Å². The van der Waals surface area contributed by atoms with Gasteiger partial charge in [0.2, 0.25) is 0 Å². The number of likely N-dealkylation sites (tertiary alicyclic amines) is 1. The number of rotatable bonds is 5. The zero-order valence-electron chi connectivity index (χ0n) is 13.8. The fourth-order valence-electron chi connectivity index (χ4n) is 2.89. The first kappa shape index (κ1) is 16.2. The topological polar surface area (TPSA) is 76.8 Å². The summed E-state index contributed by atoms with van der Waals surface area (Å²) in [5.74, 6) is 1.35. The molecule has 1 saturated heterocycles. The van der Waals surface area contributed by atoms with E-state index in [1.807, 2.05) is 18.2 Å². The number of piperidine rings is 1. The molecule has 1 amide bonds. The molecule has 3 rings (SSSR count). The molecule has 128 valence electrons. The molecule has 1 atom stereocenters. The third-order valence-corrected chi connectivity index (χ3v) is 4.09. The highest BCUT2D eigenvalue weighted by molar-refractivity contribution is 5.92. The Morgan fingerprint density at radius 3 is 2.67 bits per heavy atom. The molecule has 2 aromatic rings. The minimum atomic E-state index is -0.0986. The second-order valence-electron chi connectivity index (χ2n) is 5.72. The van der Waals surface area contributed by atoms with Crippen molar-refractivity contribution in [3.8, 4) is 11.5 Å². The SMILES string of the molecule is COc1cc(N[C@@H]2CCCN(C(=O)c3ccon3)C2)cc(OC)c1. The van der Waals surface area contributed by atoms with Gasteiger partial charge in [0.1, 0.15) is 17.8 Å². The van der Waals surface area contributed by atoms with Crippen LogP contribution in [0.15, 0.2) is 35.1 Å². The van der Waals surface area contributed by atoms with E-state index in [9.17, 15) is 4.79 Å². The maximum absolute atomic E-state index is 12.4. The molecule has 7 heteroatoms. The molecule has 1 N–H and O–H groups in total. The highest BCUT2D eigenvalue weighted by Crippen LogP contribution is 2.27. The summed E-state index contributed by atoms with van der Waals surface area (Å²) in [7, 11) is 3.24. The van der Waals surface area contributed by atoms with Gasteiger partial charge in [0.25, 0.3) is 5.91 Å². The van der Waals surface area contributed by atoms with Crippen LogP contribution >= 0.6 is 0 Å². The average Bonchev–Trinajstić information content (AvgIpc) is 3.15. The number of benzene rings is 1. The van der Waals surface area contributed by atoms with Crippen molar-refractivity contribution in [1.82, 2.24) is 10.1 Å². The largest absolute Gasteiger partial charge is 0.497 e. The number of hydrogen-bond donors (Lipinski definition) is 1. The van der Waals surface area contributed by atoms with Crippen molar-refractivity contribution in [3.05, 3.63) is 36.2 Å². The number of nitrogens with zero attached hydrogens (tertiary/aromatic N) is 2. The van der Waals surface area contributed by atoms with Crippen molar-refractivity contribution in [2.75, 3.05) is 32.6 Å². The number of aromatic nitrogens is 1. The van der Waals surface area contributed by atoms with Gasteiger partial charge in [-0.2, -0.15) is 0 Å². The van der Waals surface area contributed by atoms with Crippen LogP contribution in [0.4, 0.5) is 5.69 Å². The first-order chi connectivity index (χ1) is 11.7. The highest BCUT2D eigenvalue weighted by Gasteiger charge is 2.26. The standard InChI is InChI=1S/C17H21N3O4/c1-22-14-8-13(9-15(10-14)23-2)18-12-4-3-6-20(11-12)17(21)16-5-7-24-19-16/h5,7-10,12,18H,3-4,6,11H2,1-2H3/t12-/m1/s1. The smallest absolute Gasteiger partial charge is 0.276 e. The molecule has 2 heterocycles. The van der Waals surface area contributed by atoms with Gasteiger partial charge in [-0.05, 0) is 12.8 Å². The summed E-state index contributed by atoms with van der Waals surface area (Å²) in [5.41, 5.74) is 1.26. The van der Waals surface area contributed by atoms with E-state index in [1.54, 1.807) is 25.2 Å². The lowest BCUT2D eigenvalue weighted by Crippen LogP contribution is -2.45. The van der Waals surface area contributed by atoms with Crippen molar-refractivity contribution < 1.29 is 18.8 Å². The van der Waals surface area contributed by atoms with Gasteiger partial charge in [0, 0.05) is 49.1 Å². The summed E-state index contributed by atoms with van der Waals surface area (Å²) < 4.78 is 15.3. The van der Waals surface area contributed by atoms with Crippen LogP contribution in [0.5, 0.6) is 11.5 Å². The molecule has 1 aromatic heterocycles. The predicted molar refractivity (Wildman–Crippen MR) is 88.6 cm³/mol. The molecular weight excluding hydrogens is 310 g/mol. The molecule has 1 aromatic carbocycles. The molecule has 1 aliphatic heterocycles. The third-order valence-electron chi connectivity index (χ3n) is 4.09. The number of amides is 1. The number of carbonyl (C=O) groups is 1. The van der Waals surface area contributed by atoms with Crippen LogP contribution in [0.3, 0.4) is 0 Å². The fourth-order valence-corrected chi connectivity index (χ4v) is 2.89. The number of carbonyl (C=O) groups excluding carboxylic acids is 1. The van der Waals surface area contributed by atoms with Gasteiger partial charge in [-0.1, -0.05) is 5.16 Å². The van der Waals surface area contributed by atoms with Crippen molar-refractivity contribution in [1.29, 1.82) is 0 Å². The predicted octanol–water partition coefficient (Wildman–Crippen LogP) is 2.41. The van der Waals surface area contributed by atoms with E-state index >= 15 is 0 Å². The second kappa shape index (κ2) is 7.25. The highest BCUT2D eigenvalue weighted by atomic mass is 16.5. The molecule has 0 spiro atoms. The normalized spacial score (nSPS) is 17.4. The van der Waals surface area contributed by atoms with Crippen LogP contribution in [-0.4, -0.2) is 49.3 Å². The number of hydrogen-bond acceptors (Lipinski definition) is 6. The van der Waals surface area contributed by atoms with Crippen molar-refractivity contribution in [2.24, 2.45) is 0 Å². The lowest BCUT2D eigenvalue weighted by molar-refractivity contribution is 0.0704. The van der Waals surface area contributed by atoms with Crippen LogP contribution in [0.25, 0.3) is 0 Å². The van der Waals surface area contributed by atoms with Gasteiger partial charge < -0.3 is 24.2 Å². The number of nitrogens with one attached hydrogen (secondary N) is 1. The molecule has 0 saturated carbocycles. The molecule has 24 heavy (non-hydrogen) atoms. The molecule has 1 aliphatic rings. The fraction of sp³-hybridized carbons (Fsp3) is 0.412. The minimum absolute atomic E-state index is 0.0986. The molecular formula is C17H21N3O4. The van der Waals surface area contributed by atoms with E-state index < -0.39 is 0 Å². The summed E-state index contributed by atoms with van der Waals surface area (Å²) in [6.45, 7) is 1.34. The van der Waals surface area contributed by atoms with E-state index in [4.69, 9.17) is 14.0 Å². The van der Waals surface area contributed by atoms with Crippen LogP contribution in [-0.2, 0) is 0 Å². The minimum Gasteiger partial charge on any atom is -0.497 e. The van der Waals surface area contributed by atoms with Crippen molar-refractivity contribution >= 4 is 11.6 Å². The van der Waals surface area contributed by atoms with Gasteiger partial charge in [-0.3, -0.25) is 4.79 Å². The van der Waals surface area contributed by atoms with E-state index in [2.05, 4.69) is 10.5 Å². The zero-order chi connectivity index (χ0) is 16.9. The lowest BCUT2D eigenvalue weighted by Gasteiger charge is -2.33. The first-order valence-corrected chi connectivity index (χ1v) is 7.89. The number of anilines is 1. The summed E-state index contributed by atoms with van der Waals surface area (Å²) in [6, 6.07) is 7.41. The van der Waals surface area contributed by atoms with Gasteiger partial charge >= 0.3 is 0 Å². The summed E-state index contributed by atoms with van der Waals surface area (Å²) >= 11 is 0. The van der Waals surface area contributed by atoms with Gasteiger partial charge in [0.15, 0.2) is 5.69 Å². The number of ether oxygens (including phenoxy) is 2. The Balaban J connectivity index is 1.68. The summed E-state index contributed by atoms with van der Waals surface area (Å²) in [6.07, 6.45) is 3.33. The Morgan fingerprint density at radius 1 is 1.29 bits per heavy atom.